The molecule has 0 saturated carbocycles. The number of benzene rings is 1. The van der Waals surface area contributed by atoms with Crippen LogP contribution in [0, 0.1) is 10.1 Å². The van der Waals surface area contributed by atoms with E-state index in [9.17, 15) is 10.1 Å². The molecule has 1 atom stereocenters. The summed E-state index contributed by atoms with van der Waals surface area (Å²) in [5, 5.41) is 14.5. The van der Waals surface area contributed by atoms with E-state index in [4.69, 9.17) is 12.2 Å². The lowest BCUT2D eigenvalue weighted by atomic mass is 10.1. The molecule has 0 radical (unpaired) electrons. The number of nitrogens with one attached hydrogen (secondary N) is 1. The van der Waals surface area contributed by atoms with Crippen LogP contribution in [0.4, 0.5) is 11.4 Å². The molecule has 1 fully saturated rings. The number of non-ortho nitro benzene ring substituents is 1. The highest BCUT2D eigenvalue weighted by Crippen LogP contribution is 2.19. The van der Waals surface area contributed by atoms with Gasteiger partial charge in [0.1, 0.15) is 0 Å². The Morgan fingerprint density at radius 1 is 1.35 bits per heavy atom. The maximum absolute atomic E-state index is 10.6. The Balaban J connectivity index is 2.01. The third-order valence-corrected chi connectivity index (χ3v) is 3.98. The van der Waals surface area contributed by atoms with Gasteiger partial charge in [0, 0.05) is 30.4 Å². The van der Waals surface area contributed by atoms with Crippen molar-refractivity contribution < 1.29 is 4.92 Å². The average molecular weight is 293 g/mol. The summed E-state index contributed by atoms with van der Waals surface area (Å²) < 4.78 is 0. The van der Waals surface area contributed by atoms with E-state index in [1.54, 1.807) is 12.1 Å². The molecular formula is C14H19N3O2S. The fraction of sp³-hybridized carbons (Fsp3) is 0.500. The average Bonchev–Trinajstić information content (AvgIpc) is 2.64. The molecule has 0 aromatic heterocycles. The number of anilines is 1. The largest absolute Gasteiger partial charge is 0.346 e. The molecular weight excluding hydrogens is 274 g/mol. The predicted octanol–water partition coefficient (Wildman–Crippen LogP) is 3.56. The first-order chi connectivity index (χ1) is 9.58. The van der Waals surface area contributed by atoms with Crippen LogP contribution >= 0.6 is 12.2 Å². The molecule has 1 aliphatic heterocycles. The van der Waals surface area contributed by atoms with Gasteiger partial charge in [-0.3, -0.25) is 10.1 Å². The Hall–Kier alpha value is -1.69. The first-order valence-electron chi connectivity index (χ1n) is 6.90. The Morgan fingerprint density at radius 2 is 2.05 bits per heavy atom. The van der Waals surface area contributed by atoms with Gasteiger partial charge >= 0.3 is 0 Å². The molecule has 1 unspecified atom stereocenters. The summed E-state index contributed by atoms with van der Waals surface area (Å²) in [5.74, 6) is 0. The molecule has 20 heavy (non-hydrogen) atoms. The van der Waals surface area contributed by atoms with Gasteiger partial charge in [-0.2, -0.15) is 0 Å². The Morgan fingerprint density at radius 3 is 2.70 bits per heavy atom. The zero-order chi connectivity index (χ0) is 14.5. The number of nitro groups is 1. The first kappa shape index (κ1) is 14.7. The van der Waals surface area contributed by atoms with E-state index in [-0.39, 0.29) is 5.69 Å². The summed E-state index contributed by atoms with van der Waals surface area (Å²) in [6.45, 7) is 3.16. The van der Waals surface area contributed by atoms with Crippen molar-refractivity contribution >= 4 is 28.7 Å². The minimum absolute atomic E-state index is 0.0876. The normalized spacial score (nSPS) is 19.2. The Kier molecular flexibility index (Phi) is 4.89. The summed E-state index contributed by atoms with van der Waals surface area (Å²) >= 11 is 5.46. The molecule has 0 bridgehead atoms. The number of hydrogen-bond donors (Lipinski definition) is 1. The van der Waals surface area contributed by atoms with Crippen molar-refractivity contribution in [1.82, 2.24) is 4.90 Å². The van der Waals surface area contributed by atoms with Crippen molar-refractivity contribution in [3.8, 4) is 0 Å². The van der Waals surface area contributed by atoms with E-state index in [1.165, 1.54) is 25.0 Å². The maximum Gasteiger partial charge on any atom is 0.269 e. The van der Waals surface area contributed by atoms with E-state index in [1.807, 2.05) is 0 Å². The monoisotopic (exact) mass is 293 g/mol. The maximum atomic E-state index is 10.6. The third-order valence-electron chi connectivity index (χ3n) is 3.64. The van der Waals surface area contributed by atoms with E-state index < -0.39 is 4.92 Å². The van der Waals surface area contributed by atoms with Crippen LogP contribution < -0.4 is 5.32 Å². The quantitative estimate of drug-likeness (QED) is 0.513. The summed E-state index contributed by atoms with van der Waals surface area (Å²) in [4.78, 5) is 12.4. The van der Waals surface area contributed by atoms with Crippen molar-refractivity contribution in [2.24, 2.45) is 0 Å². The third kappa shape index (κ3) is 3.66. The van der Waals surface area contributed by atoms with E-state index >= 15 is 0 Å². The van der Waals surface area contributed by atoms with Crippen molar-refractivity contribution in [3.05, 3.63) is 34.4 Å². The van der Waals surface area contributed by atoms with Gasteiger partial charge in [-0.05, 0) is 44.1 Å². The van der Waals surface area contributed by atoms with Crippen LogP contribution in [0.2, 0.25) is 0 Å². The van der Waals surface area contributed by atoms with E-state index in [0.717, 1.165) is 25.1 Å². The molecule has 2 rings (SSSR count). The zero-order valence-electron chi connectivity index (χ0n) is 11.5. The van der Waals surface area contributed by atoms with Gasteiger partial charge < -0.3 is 10.2 Å². The van der Waals surface area contributed by atoms with Crippen molar-refractivity contribution in [2.75, 3.05) is 11.9 Å². The standard InChI is InChI=1S/C14H19N3O2S/c1-11-5-3-2-4-10-16(11)14(20)15-12-6-8-13(9-7-12)17(18)19/h6-9,11H,2-5,10H2,1H3,(H,15,20). The Labute approximate surface area is 124 Å². The molecule has 6 heteroatoms. The van der Waals surface area contributed by atoms with Crippen molar-refractivity contribution in [1.29, 1.82) is 0 Å². The summed E-state index contributed by atoms with van der Waals surface area (Å²) in [6, 6.07) is 6.78. The highest BCUT2D eigenvalue weighted by Gasteiger charge is 2.19. The molecule has 0 spiro atoms. The second kappa shape index (κ2) is 6.65. The van der Waals surface area contributed by atoms with Gasteiger partial charge in [0.15, 0.2) is 5.11 Å². The van der Waals surface area contributed by atoms with E-state index in [0.29, 0.717) is 11.2 Å². The van der Waals surface area contributed by atoms with Crippen LogP contribution in [0.5, 0.6) is 0 Å². The number of hydrogen-bond acceptors (Lipinski definition) is 3. The molecule has 1 aromatic rings. The number of thiocarbonyl (C=S) groups is 1. The highest BCUT2D eigenvalue weighted by molar-refractivity contribution is 7.80. The fourth-order valence-corrected chi connectivity index (χ4v) is 2.83. The minimum Gasteiger partial charge on any atom is -0.346 e. The summed E-state index contributed by atoms with van der Waals surface area (Å²) in [7, 11) is 0. The van der Waals surface area contributed by atoms with Crippen LogP contribution in [-0.4, -0.2) is 27.5 Å². The lowest BCUT2D eigenvalue weighted by Gasteiger charge is -2.30. The van der Waals surface area contributed by atoms with Crippen molar-refractivity contribution in [2.45, 2.75) is 38.6 Å². The number of nitro benzene ring substituents is 1. The molecule has 1 saturated heterocycles. The fourth-order valence-electron chi connectivity index (χ4n) is 2.44. The lowest BCUT2D eigenvalue weighted by Crippen LogP contribution is -2.40. The number of rotatable bonds is 2. The second-order valence-electron chi connectivity index (χ2n) is 5.13. The molecule has 0 amide bonds. The Bertz CT molecular complexity index is 490. The smallest absolute Gasteiger partial charge is 0.269 e. The SMILES string of the molecule is CC1CCCCCN1C(=S)Nc1ccc([N+](=O)[O-])cc1. The van der Waals surface area contributed by atoms with Crippen LogP contribution in [-0.2, 0) is 0 Å². The van der Waals surface area contributed by atoms with Gasteiger partial charge in [-0.1, -0.05) is 12.8 Å². The van der Waals surface area contributed by atoms with Gasteiger partial charge in [0.2, 0.25) is 0 Å². The van der Waals surface area contributed by atoms with Gasteiger partial charge in [-0.15, -0.1) is 0 Å². The molecule has 5 nitrogen and oxygen atoms in total. The summed E-state index contributed by atoms with van der Waals surface area (Å²) in [5.41, 5.74) is 0.877. The van der Waals surface area contributed by atoms with Gasteiger partial charge in [0.25, 0.3) is 5.69 Å². The molecule has 0 aliphatic carbocycles. The van der Waals surface area contributed by atoms with Crippen LogP contribution in [0.15, 0.2) is 24.3 Å². The molecule has 1 aromatic carbocycles. The van der Waals surface area contributed by atoms with Crippen LogP contribution in [0.1, 0.15) is 32.6 Å². The lowest BCUT2D eigenvalue weighted by molar-refractivity contribution is -0.384. The molecule has 1 N–H and O–H groups in total. The molecule has 1 heterocycles. The second-order valence-corrected chi connectivity index (χ2v) is 5.51. The first-order valence-corrected chi connectivity index (χ1v) is 7.31. The van der Waals surface area contributed by atoms with Crippen LogP contribution in [0.25, 0.3) is 0 Å². The molecule has 108 valence electrons. The van der Waals surface area contributed by atoms with Crippen LogP contribution in [0.3, 0.4) is 0 Å². The minimum atomic E-state index is -0.404. The highest BCUT2D eigenvalue weighted by atomic mass is 32.1. The number of nitrogens with zero attached hydrogens (tertiary/aromatic N) is 2. The van der Waals surface area contributed by atoms with Gasteiger partial charge in [-0.25, -0.2) is 0 Å². The zero-order valence-corrected chi connectivity index (χ0v) is 12.4. The molecule has 1 aliphatic rings. The van der Waals surface area contributed by atoms with Gasteiger partial charge in [0.05, 0.1) is 4.92 Å². The summed E-state index contributed by atoms with van der Waals surface area (Å²) in [6.07, 6.45) is 4.81. The number of likely N-dealkylation sites (tertiary alicyclic amines) is 1. The predicted molar refractivity (Wildman–Crippen MR) is 84.0 cm³/mol. The van der Waals surface area contributed by atoms with Crippen molar-refractivity contribution in [3.63, 3.8) is 0 Å². The van der Waals surface area contributed by atoms with E-state index in [2.05, 4.69) is 17.1 Å². The topological polar surface area (TPSA) is 58.4 Å².